The van der Waals surface area contributed by atoms with Gasteiger partial charge in [0.25, 0.3) is 0 Å². The Hall–Kier alpha value is -5.09. The second-order valence-corrected chi connectivity index (χ2v) is 36.5. The molecule has 718 valence electrons. The minimum atomic E-state index is -4.95. The zero-order valence-corrected chi connectivity index (χ0v) is 81.3. The van der Waals surface area contributed by atoms with Crippen molar-refractivity contribution in [2.45, 2.75) is 450 Å². The van der Waals surface area contributed by atoms with Crippen LogP contribution in [-0.2, 0) is 55.8 Å². The monoisotopic (exact) mass is 1790 g/mol. The lowest BCUT2D eigenvalue weighted by molar-refractivity contribution is -0.161. The molecule has 0 aromatic rings. The SMILES string of the molecule is CC/C=C\C/C=C\C/C=C\C/C=C\C/C=C\C/C=C\CCCCCCCCCCCCCCCCC(=O)OCC(O)COP(=O)(O)OCC(O)COP(=O)(O)OCC(COC(=O)CCCCCCCCCCCCCCCCCCC/C=C\C/C=C\C/C=C\C/C=C\CCCCC)OC(=O)CCCCCCCCC/C=C\C/C=C\C/C=C\C/C=C\CCCCC. The summed E-state index contributed by atoms with van der Waals surface area (Å²) in [7, 11) is -9.82. The van der Waals surface area contributed by atoms with Crippen LogP contribution < -0.4 is 0 Å². The first kappa shape index (κ1) is 120. The van der Waals surface area contributed by atoms with Gasteiger partial charge in [-0.15, -0.1) is 0 Å². The van der Waals surface area contributed by atoms with E-state index in [0.29, 0.717) is 19.3 Å². The Kier molecular flexibility index (Phi) is 94.0. The molecule has 5 unspecified atom stereocenters. The number of unbranched alkanes of at least 4 members (excludes halogenated alkanes) is 44. The molecule has 0 aliphatic rings. The summed E-state index contributed by atoms with van der Waals surface area (Å²) < 4.78 is 61.6. The van der Waals surface area contributed by atoms with Crippen LogP contribution in [0.25, 0.3) is 0 Å². The van der Waals surface area contributed by atoms with Crippen LogP contribution in [0.3, 0.4) is 0 Å². The molecule has 0 aliphatic carbocycles. The van der Waals surface area contributed by atoms with Crippen molar-refractivity contribution in [1.82, 2.24) is 0 Å². The Morgan fingerprint density at radius 1 is 0.232 bits per heavy atom. The molecule has 0 amide bonds. The average Bonchev–Trinajstić information content (AvgIpc) is 0.904. The summed E-state index contributed by atoms with van der Waals surface area (Å²) in [4.78, 5) is 59.2. The molecule has 0 aromatic heterocycles. The van der Waals surface area contributed by atoms with Crippen molar-refractivity contribution in [2.24, 2.45) is 0 Å². The number of ether oxygens (including phenoxy) is 3. The molecule has 18 heteroatoms. The molecular formula is C107H184O16P2. The predicted molar refractivity (Wildman–Crippen MR) is 528 cm³/mol. The second-order valence-electron chi connectivity index (χ2n) is 33.5. The number of allylic oxidation sites excluding steroid dienone is 28. The smallest absolute Gasteiger partial charge is 0.463 e. The van der Waals surface area contributed by atoms with Crippen molar-refractivity contribution in [3.05, 3.63) is 170 Å². The predicted octanol–water partition coefficient (Wildman–Crippen LogP) is 31.8. The summed E-state index contributed by atoms with van der Waals surface area (Å²) in [5.74, 6) is -1.57. The van der Waals surface area contributed by atoms with Crippen LogP contribution in [0.15, 0.2) is 170 Å². The Balaban J connectivity index is 4.58. The maximum Gasteiger partial charge on any atom is 0.472 e. The molecule has 5 atom stereocenters. The molecule has 0 rings (SSSR count). The van der Waals surface area contributed by atoms with Crippen LogP contribution in [0.4, 0.5) is 0 Å². The molecule has 0 fully saturated rings. The lowest BCUT2D eigenvalue weighted by atomic mass is 10.0. The molecule has 0 saturated carbocycles. The molecule has 0 spiro atoms. The van der Waals surface area contributed by atoms with Gasteiger partial charge in [0.1, 0.15) is 25.4 Å². The van der Waals surface area contributed by atoms with Gasteiger partial charge in [-0.25, -0.2) is 9.13 Å². The topological polar surface area (TPSA) is 231 Å². The van der Waals surface area contributed by atoms with E-state index < -0.39 is 91.5 Å². The van der Waals surface area contributed by atoms with Gasteiger partial charge in [0.05, 0.1) is 26.4 Å². The Morgan fingerprint density at radius 3 is 0.672 bits per heavy atom. The van der Waals surface area contributed by atoms with E-state index >= 15 is 0 Å². The third kappa shape index (κ3) is 99.3. The van der Waals surface area contributed by atoms with Crippen molar-refractivity contribution in [2.75, 3.05) is 39.6 Å². The number of hydrogen-bond donors (Lipinski definition) is 4. The fourth-order valence-corrected chi connectivity index (χ4v) is 15.4. The first-order valence-corrected chi connectivity index (χ1v) is 53.4. The summed E-state index contributed by atoms with van der Waals surface area (Å²) in [6.07, 6.45) is 128. The maximum absolute atomic E-state index is 13.1. The minimum absolute atomic E-state index is 0.0903. The van der Waals surface area contributed by atoms with Crippen LogP contribution >= 0.6 is 15.6 Å². The standard InChI is InChI=1S/C107H184O16P2/c1-4-7-10-13-16-19-22-25-28-31-34-37-40-42-44-46-48-50-52-54-56-58-61-63-66-69-72-75-78-81-84-87-90-93-105(110)117-96-102(108)97-119-124(113,114)120-98-103(109)99-121-125(115,116)122-101-104(123-107(112)95-92-89-86-83-80-77-74-71-68-65-60-39-36-33-30-27-24-21-18-15-12-9-6-3)100-118-106(111)94-91-88-85-82-79-76-73-70-67-64-62-59-57-55-53-51-49-47-45-43-41-38-35-32-29-26-23-20-17-14-11-8-5-2/h7,10,16-21,25-30,34-39,42-45,48,50,65,68,102-104,108-109H,4-6,8-9,11-15,22-24,31-33,40-41,46-47,49,51-64,66-67,69-101H2,1-3H3,(H,113,114)(H,115,116)/b10-7-,19-16-,20-17-,21-18-,28-25-,29-26-,30-27-,37-34-,38-35-,39-36-,44-42-,45-43-,50-48-,68-65-. The zero-order chi connectivity index (χ0) is 90.7. The lowest BCUT2D eigenvalue weighted by Crippen LogP contribution is -2.30. The molecule has 0 radical (unpaired) electrons. The summed E-state index contributed by atoms with van der Waals surface area (Å²) in [6, 6.07) is 0. The quantitative estimate of drug-likeness (QED) is 0.0146. The summed E-state index contributed by atoms with van der Waals surface area (Å²) in [6.45, 7) is 2.57. The van der Waals surface area contributed by atoms with Crippen molar-refractivity contribution < 1.29 is 75.8 Å². The summed E-state index contributed by atoms with van der Waals surface area (Å²) in [5, 5.41) is 20.8. The van der Waals surface area contributed by atoms with Gasteiger partial charge in [0.15, 0.2) is 6.10 Å². The fourth-order valence-electron chi connectivity index (χ4n) is 13.8. The van der Waals surface area contributed by atoms with Crippen molar-refractivity contribution in [1.29, 1.82) is 0 Å². The van der Waals surface area contributed by atoms with E-state index in [9.17, 15) is 43.5 Å². The highest BCUT2D eigenvalue weighted by Gasteiger charge is 2.30. The molecule has 16 nitrogen and oxygen atoms in total. The van der Waals surface area contributed by atoms with Gasteiger partial charge in [-0.3, -0.25) is 32.5 Å². The van der Waals surface area contributed by atoms with E-state index in [-0.39, 0.29) is 19.3 Å². The number of phosphoric acid groups is 2. The normalized spacial score (nSPS) is 14.4. The number of rotatable bonds is 95. The number of phosphoric ester groups is 2. The van der Waals surface area contributed by atoms with E-state index in [0.717, 1.165) is 167 Å². The molecule has 0 aromatic carbocycles. The van der Waals surface area contributed by atoms with E-state index in [4.69, 9.17) is 32.3 Å². The van der Waals surface area contributed by atoms with Gasteiger partial charge in [-0.2, -0.15) is 0 Å². The first-order chi connectivity index (χ1) is 61.2. The highest BCUT2D eigenvalue weighted by Crippen LogP contribution is 2.45. The van der Waals surface area contributed by atoms with Gasteiger partial charge in [0.2, 0.25) is 0 Å². The van der Waals surface area contributed by atoms with E-state index in [1.807, 2.05) is 0 Å². The van der Waals surface area contributed by atoms with Crippen molar-refractivity contribution in [3.63, 3.8) is 0 Å². The van der Waals surface area contributed by atoms with Gasteiger partial charge in [-0.05, 0) is 161 Å². The summed E-state index contributed by atoms with van der Waals surface area (Å²) in [5.41, 5.74) is 0. The van der Waals surface area contributed by atoms with Gasteiger partial charge in [-0.1, -0.05) is 422 Å². The Bertz CT molecular complexity index is 2950. The van der Waals surface area contributed by atoms with Crippen LogP contribution in [0, 0.1) is 0 Å². The van der Waals surface area contributed by atoms with Gasteiger partial charge in [0, 0.05) is 19.3 Å². The lowest BCUT2D eigenvalue weighted by Gasteiger charge is -2.21. The summed E-state index contributed by atoms with van der Waals surface area (Å²) >= 11 is 0. The van der Waals surface area contributed by atoms with E-state index in [1.54, 1.807) is 0 Å². The van der Waals surface area contributed by atoms with Crippen LogP contribution in [0.1, 0.15) is 432 Å². The number of aliphatic hydroxyl groups excluding tert-OH is 2. The number of hydrogen-bond acceptors (Lipinski definition) is 14. The number of esters is 3. The first-order valence-electron chi connectivity index (χ1n) is 50.4. The largest absolute Gasteiger partial charge is 0.472 e. The molecule has 125 heavy (non-hydrogen) atoms. The minimum Gasteiger partial charge on any atom is -0.463 e. The Morgan fingerprint density at radius 2 is 0.424 bits per heavy atom. The van der Waals surface area contributed by atoms with E-state index in [1.165, 1.54) is 205 Å². The number of carbonyl (C=O) groups excluding carboxylic acids is 3. The molecular weight excluding hydrogens is 1600 g/mol. The second kappa shape index (κ2) is 98.0. The molecule has 4 N–H and O–H groups in total. The molecule has 0 heterocycles. The highest BCUT2D eigenvalue weighted by atomic mass is 31.2. The average molecular weight is 1790 g/mol. The van der Waals surface area contributed by atoms with E-state index in [2.05, 4.69) is 191 Å². The molecule has 0 saturated heterocycles. The van der Waals surface area contributed by atoms with Crippen LogP contribution in [0.2, 0.25) is 0 Å². The van der Waals surface area contributed by atoms with Gasteiger partial charge < -0.3 is 34.2 Å². The van der Waals surface area contributed by atoms with Crippen molar-refractivity contribution >= 4 is 33.6 Å². The third-order valence-corrected chi connectivity index (χ3v) is 23.3. The highest BCUT2D eigenvalue weighted by molar-refractivity contribution is 7.47. The Labute approximate surface area is 764 Å². The van der Waals surface area contributed by atoms with Crippen molar-refractivity contribution in [3.8, 4) is 0 Å². The molecule has 0 aliphatic heterocycles. The maximum atomic E-state index is 13.1. The zero-order valence-electron chi connectivity index (χ0n) is 79.5. The van der Waals surface area contributed by atoms with Crippen LogP contribution in [-0.4, -0.2) is 95.9 Å². The molecule has 0 bridgehead atoms. The fraction of sp³-hybridized carbons (Fsp3) is 0.710. The number of carbonyl (C=O) groups is 3. The number of aliphatic hydroxyl groups is 2. The van der Waals surface area contributed by atoms with Crippen LogP contribution in [0.5, 0.6) is 0 Å². The van der Waals surface area contributed by atoms with Gasteiger partial charge >= 0.3 is 33.6 Å². The third-order valence-electron chi connectivity index (χ3n) is 21.4.